The van der Waals surface area contributed by atoms with Crippen molar-refractivity contribution in [3.63, 3.8) is 0 Å². The SMILES string of the molecule is CNC(c1cccc(Cl)c1)C1CCOC2(CCOCC2)C1. The van der Waals surface area contributed by atoms with Gasteiger partial charge in [-0.2, -0.15) is 0 Å². The van der Waals surface area contributed by atoms with Gasteiger partial charge in [-0.3, -0.25) is 0 Å². The Morgan fingerprint density at radius 1 is 1.29 bits per heavy atom. The lowest BCUT2D eigenvalue weighted by atomic mass is 9.76. The van der Waals surface area contributed by atoms with Crippen LogP contribution in [0.25, 0.3) is 0 Å². The molecule has 0 aliphatic carbocycles. The van der Waals surface area contributed by atoms with E-state index in [-0.39, 0.29) is 5.60 Å². The Morgan fingerprint density at radius 3 is 2.81 bits per heavy atom. The van der Waals surface area contributed by atoms with E-state index in [0.29, 0.717) is 12.0 Å². The van der Waals surface area contributed by atoms with Crippen LogP contribution in [0.3, 0.4) is 0 Å². The van der Waals surface area contributed by atoms with Gasteiger partial charge in [-0.1, -0.05) is 23.7 Å². The van der Waals surface area contributed by atoms with Crippen molar-refractivity contribution < 1.29 is 9.47 Å². The normalized spacial score (nSPS) is 26.7. The maximum absolute atomic E-state index is 6.16. The monoisotopic (exact) mass is 309 g/mol. The van der Waals surface area contributed by atoms with Crippen molar-refractivity contribution >= 4 is 11.6 Å². The van der Waals surface area contributed by atoms with Crippen molar-refractivity contribution in [1.29, 1.82) is 0 Å². The van der Waals surface area contributed by atoms with Crippen LogP contribution < -0.4 is 5.32 Å². The molecule has 1 aromatic carbocycles. The van der Waals surface area contributed by atoms with Crippen molar-refractivity contribution in [2.75, 3.05) is 26.9 Å². The number of benzene rings is 1. The van der Waals surface area contributed by atoms with Crippen LogP contribution >= 0.6 is 11.6 Å². The molecule has 2 unspecified atom stereocenters. The second-order valence-electron chi connectivity index (χ2n) is 6.22. The van der Waals surface area contributed by atoms with Gasteiger partial charge in [0, 0.05) is 30.9 Å². The number of ether oxygens (including phenoxy) is 2. The van der Waals surface area contributed by atoms with E-state index in [9.17, 15) is 0 Å². The largest absolute Gasteiger partial charge is 0.381 e. The molecule has 4 heteroatoms. The van der Waals surface area contributed by atoms with Gasteiger partial charge in [0.05, 0.1) is 5.60 Å². The van der Waals surface area contributed by atoms with Crippen LogP contribution in [-0.4, -0.2) is 32.5 Å². The molecule has 3 nitrogen and oxygen atoms in total. The van der Waals surface area contributed by atoms with E-state index >= 15 is 0 Å². The van der Waals surface area contributed by atoms with E-state index in [4.69, 9.17) is 21.1 Å². The Balaban J connectivity index is 1.77. The highest BCUT2D eigenvalue weighted by Crippen LogP contribution is 2.41. The summed E-state index contributed by atoms with van der Waals surface area (Å²) in [4.78, 5) is 0. The van der Waals surface area contributed by atoms with Crippen LogP contribution in [0.4, 0.5) is 0 Å². The van der Waals surface area contributed by atoms with Gasteiger partial charge in [0.15, 0.2) is 0 Å². The molecule has 116 valence electrons. The highest BCUT2D eigenvalue weighted by Gasteiger charge is 2.41. The second-order valence-corrected chi connectivity index (χ2v) is 6.65. The van der Waals surface area contributed by atoms with Gasteiger partial charge in [0.1, 0.15) is 0 Å². The topological polar surface area (TPSA) is 30.5 Å². The lowest BCUT2D eigenvalue weighted by Gasteiger charge is -2.45. The first kappa shape index (κ1) is 15.3. The van der Waals surface area contributed by atoms with Crippen molar-refractivity contribution in [3.05, 3.63) is 34.9 Å². The zero-order valence-electron chi connectivity index (χ0n) is 12.6. The Hall–Kier alpha value is -0.610. The maximum Gasteiger partial charge on any atom is 0.0729 e. The Kier molecular flexibility index (Phi) is 4.85. The molecule has 1 aromatic rings. The lowest BCUT2D eigenvalue weighted by molar-refractivity contribution is -0.150. The van der Waals surface area contributed by atoms with Crippen molar-refractivity contribution in [3.8, 4) is 0 Å². The molecule has 0 radical (unpaired) electrons. The average molecular weight is 310 g/mol. The molecule has 1 spiro atoms. The first-order chi connectivity index (χ1) is 10.2. The highest BCUT2D eigenvalue weighted by atomic mass is 35.5. The van der Waals surface area contributed by atoms with Crippen molar-refractivity contribution in [1.82, 2.24) is 5.32 Å². The molecule has 1 N–H and O–H groups in total. The smallest absolute Gasteiger partial charge is 0.0729 e. The minimum atomic E-state index is 0.0365. The highest BCUT2D eigenvalue weighted by molar-refractivity contribution is 6.30. The molecule has 2 saturated heterocycles. The molecule has 21 heavy (non-hydrogen) atoms. The molecule has 2 aliphatic heterocycles. The summed E-state index contributed by atoms with van der Waals surface area (Å²) in [6, 6.07) is 8.55. The third-order valence-electron chi connectivity index (χ3n) is 4.93. The molecule has 0 saturated carbocycles. The van der Waals surface area contributed by atoms with Crippen LogP contribution in [-0.2, 0) is 9.47 Å². The van der Waals surface area contributed by atoms with Gasteiger partial charge in [0.2, 0.25) is 0 Å². The second kappa shape index (κ2) is 6.66. The number of hydrogen-bond acceptors (Lipinski definition) is 3. The number of rotatable bonds is 3. The van der Waals surface area contributed by atoms with E-state index in [1.807, 2.05) is 19.2 Å². The summed E-state index contributed by atoms with van der Waals surface area (Å²) in [7, 11) is 2.04. The van der Waals surface area contributed by atoms with E-state index in [2.05, 4.69) is 17.4 Å². The fraction of sp³-hybridized carbons (Fsp3) is 0.647. The quantitative estimate of drug-likeness (QED) is 0.926. The molecule has 2 fully saturated rings. The molecule has 2 aliphatic rings. The van der Waals surface area contributed by atoms with E-state index < -0.39 is 0 Å². The standard InChI is InChI=1S/C17H24ClNO2/c1-19-16(13-3-2-4-15(18)11-13)14-5-8-21-17(12-14)6-9-20-10-7-17/h2-4,11,14,16,19H,5-10,12H2,1H3. The molecule has 2 atom stereocenters. The molecule has 3 rings (SSSR count). The number of halogens is 1. The summed E-state index contributed by atoms with van der Waals surface area (Å²) in [5.41, 5.74) is 1.31. The van der Waals surface area contributed by atoms with Crippen LogP contribution in [0, 0.1) is 5.92 Å². The summed E-state index contributed by atoms with van der Waals surface area (Å²) in [6.45, 7) is 2.51. The summed E-state index contributed by atoms with van der Waals surface area (Å²) in [5, 5.41) is 4.30. The molecular formula is C17H24ClNO2. The van der Waals surface area contributed by atoms with Gasteiger partial charge in [0.25, 0.3) is 0 Å². The third-order valence-corrected chi connectivity index (χ3v) is 5.16. The van der Waals surface area contributed by atoms with Crippen molar-refractivity contribution in [2.45, 2.75) is 37.3 Å². The molecule has 2 heterocycles. The molecule has 0 bridgehead atoms. The van der Waals surface area contributed by atoms with Gasteiger partial charge < -0.3 is 14.8 Å². The summed E-state index contributed by atoms with van der Waals surface area (Å²) in [5.74, 6) is 0.584. The first-order valence-corrected chi connectivity index (χ1v) is 8.25. The predicted molar refractivity (Wildman–Crippen MR) is 84.7 cm³/mol. The summed E-state index contributed by atoms with van der Waals surface area (Å²) in [6.07, 6.45) is 4.25. The summed E-state index contributed by atoms with van der Waals surface area (Å²) >= 11 is 6.16. The summed E-state index contributed by atoms with van der Waals surface area (Å²) < 4.78 is 11.7. The number of hydrogen-bond donors (Lipinski definition) is 1. The zero-order chi connectivity index (χ0) is 14.7. The van der Waals surface area contributed by atoms with Crippen molar-refractivity contribution in [2.24, 2.45) is 5.92 Å². The van der Waals surface area contributed by atoms with Crippen LogP contribution in [0.2, 0.25) is 5.02 Å². The fourth-order valence-corrected chi connectivity index (χ4v) is 4.02. The molecular weight excluding hydrogens is 286 g/mol. The van der Waals surface area contributed by atoms with Crippen LogP contribution in [0.15, 0.2) is 24.3 Å². The Bertz CT molecular complexity index is 468. The van der Waals surface area contributed by atoms with Crippen LogP contribution in [0.5, 0.6) is 0 Å². The first-order valence-electron chi connectivity index (χ1n) is 7.87. The fourth-order valence-electron chi connectivity index (χ4n) is 3.82. The Labute approximate surface area is 132 Å². The average Bonchev–Trinajstić information content (AvgIpc) is 2.49. The van der Waals surface area contributed by atoms with Gasteiger partial charge in [-0.25, -0.2) is 0 Å². The molecule has 0 aromatic heterocycles. The molecule has 0 amide bonds. The van der Waals surface area contributed by atoms with E-state index in [1.165, 1.54) is 5.56 Å². The lowest BCUT2D eigenvalue weighted by Crippen LogP contribution is -2.46. The Morgan fingerprint density at radius 2 is 2.10 bits per heavy atom. The van der Waals surface area contributed by atoms with E-state index in [0.717, 1.165) is 50.5 Å². The van der Waals surface area contributed by atoms with Gasteiger partial charge in [-0.05, 0) is 56.3 Å². The van der Waals surface area contributed by atoms with Crippen LogP contribution in [0.1, 0.15) is 37.3 Å². The minimum absolute atomic E-state index is 0.0365. The third kappa shape index (κ3) is 3.42. The number of nitrogens with one attached hydrogen (secondary N) is 1. The van der Waals surface area contributed by atoms with E-state index in [1.54, 1.807) is 0 Å². The minimum Gasteiger partial charge on any atom is -0.381 e. The van der Waals surface area contributed by atoms with Gasteiger partial charge >= 0.3 is 0 Å². The predicted octanol–water partition coefficient (Wildman–Crippen LogP) is 3.58. The maximum atomic E-state index is 6.16. The zero-order valence-corrected chi connectivity index (χ0v) is 13.4. The van der Waals surface area contributed by atoms with Gasteiger partial charge in [-0.15, -0.1) is 0 Å².